The Morgan fingerprint density at radius 2 is 2.00 bits per heavy atom. The highest BCUT2D eigenvalue weighted by atomic mass is 127. The van der Waals surface area contributed by atoms with Crippen molar-refractivity contribution in [2.75, 3.05) is 0 Å². The van der Waals surface area contributed by atoms with Crippen LogP contribution in [0.1, 0.15) is 27.0 Å². The van der Waals surface area contributed by atoms with Crippen molar-refractivity contribution in [1.82, 2.24) is 0 Å². The maximum atomic E-state index is 10.5. The lowest BCUT2D eigenvalue weighted by atomic mass is 10.1. The van der Waals surface area contributed by atoms with Gasteiger partial charge in [0.1, 0.15) is 6.10 Å². The summed E-state index contributed by atoms with van der Waals surface area (Å²) in [5.74, 6) is 0. The highest BCUT2D eigenvalue weighted by Gasteiger charge is 2.18. The molecule has 0 amide bonds. The topological polar surface area (TPSA) is 20.2 Å². The van der Waals surface area contributed by atoms with Crippen molar-refractivity contribution in [3.63, 3.8) is 0 Å². The van der Waals surface area contributed by atoms with Gasteiger partial charge in [-0.2, -0.15) is 0 Å². The third kappa shape index (κ3) is 2.92. The first kappa shape index (κ1) is 13.5. The molecule has 0 saturated heterocycles. The minimum absolute atomic E-state index is 0.530. The molecule has 0 aliphatic heterocycles. The first-order valence-corrected chi connectivity index (χ1v) is 7.88. The molecule has 2 rings (SSSR count). The number of halogens is 2. The Hall–Kier alpha value is 0.0900. The molecule has 0 fully saturated rings. The monoisotopic (exact) mass is 422 g/mol. The fourth-order valence-electron chi connectivity index (χ4n) is 1.80. The third-order valence-electron chi connectivity index (χ3n) is 2.58. The van der Waals surface area contributed by atoms with Gasteiger partial charge in [-0.1, -0.05) is 15.9 Å². The van der Waals surface area contributed by atoms with Gasteiger partial charge in [0.25, 0.3) is 0 Å². The molecule has 4 heteroatoms. The van der Waals surface area contributed by atoms with Crippen LogP contribution in [0, 0.1) is 17.4 Å². The van der Waals surface area contributed by atoms with E-state index in [-0.39, 0.29) is 0 Å². The number of aliphatic hydroxyl groups is 1. The van der Waals surface area contributed by atoms with E-state index in [0.29, 0.717) is 0 Å². The summed E-state index contributed by atoms with van der Waals surface area (Å²) in [4.78, 5) is 2.28. The van der Waals surface area contributed by atoms with Gasteiger partial charge in [0.05, 0.1) is 0 Å². The fourth-order valence-corrected chi connectivity index (χ4v) is 3.85. The molecule has 1 aromatic heterocycles. The number of thiophene rings is 1. The highest BCUT2D eigenvalue weighted by Crippen LogP contribution is 2.34. The second-order valence-electron chi connectivity index (χ2n) is 3.97. The lowest BCUT2D eigenvalue weighted by Crippen LogP contribution is -2.01. The highest BCUT2D eigenvalue weighted by molar-refractivity contribution is 14.1. The third-order valence-corrected chi connectivity index (χ3v) is 5.26. The first-order chi connectivity index (χ1) is 7.99. The molecule has 1 unspecified atom stereocenters. The van der Waals surface area contributed by atoms with Crippen molar-refractivity contribution in [3.8, 4) is 0 Å². The van der Waals surface area contributed by atoms with Gasteiger partial charge in [-0.25, -0.2) is 0 Å². The SMILES string of the molecule is Cc1cc(C)c(C(O)c2cc(Br)ccc2I)s1. The van der Waals surface area contributed by atoms with Crippen LogP contribution in [-0.4, -0.2) is 5.11 Å². The van der Waals surface area contributed by atoms with Gasteiger partial charge in [-0.05, 0) is 66.3 Å². The number of rotatable bonds is 2. The molecule has 0 spiro atoms. The molecule has 0 bridgehead atoms. The lowest BCUT2D eigenvalue weighted by molar-refractivity contribution is 0.222. The zero-order valence-electron chi connectivity index (χ0n) is 9.50. The largest absolute Gasteiger partial charge is 0.383 e. The Balaban J connectivity index is 2.46. The Kier molecular flexibility index (Phi) is 4.28. The quantitative estimate of drug-likeness (QED) is 0.688. The Labute approximate surface area is 127 Å². The van der Waals surface area contributed by atoms with E-state index in [4.69, 9.17) is 0 Å². The van der Waals surface area contributed by atoms with Crippen molar-refractivity contribution in [3.05, 3.63) is 53.2 Å². The van der Waals surface area contributed by atoms with Gasteiger partial charge in [0.15, 0.2) is 0 Å². The van der Waals surface area contributed by atoms with E-state index < -0.39 is 6.10 Å². The summed E-state index contributed by atoms with van der Waals surface area (Å²) in [5.41, 5.74) is 2.13. The summed E-state index contributed by atoms with van der Waals surface area (Å²) in [6.45, 7) is 4.12. The van der Waals surface area contributed by atoms with E-state index in [1.165, 1.54) is 4.88 Å². The van der Waals surface area contributed by atoms with Crippen molar-refractivity contribution in [2.45, 2.75) is 20.0 Å². The van der Waals surface area contributed by atoms with E-state index in [1.54, 1.807) is 11.3 Å². The molecule has 1 N–H and O–H groups in total. The molecule has 0 saturated carbocycles. The molecule has 90 valence electrons. The Bertz CT molecular complexity index is 550. The molecule has 0 radical (unpaired) electrons. The molecular formula is C13H12BrIOS. The number of hydrogen-bond donors (Lipinski definition) is 1. The lowest BCUT2D eigenvalue weighted by Gasteiger charge is -2.13. The van der Waals surface area contributed by atoms with E-state index in [2.05, 4.69) is 51.5 Å². The van der Waals surface area contributed by atoms with Crippen molar-refractivity contribution in [1.29, 1.82) is 0 Å². The van der Waals surface area contributed by atoms with Gasteiger partial charge in [-0.3, -0.25) is 0 Å². The zero-order valence-corrected chi connectivity index (χ0v) is 14.1. The second-order valence-corrected chi connectivity index (χ2v) is 7.34. The van der Waals surface area contributed by atoms with Gasteiger partial charge in [0.2, 0.25) is 0 Å². The maximum absolute atomic E-state index is 10.5. The molecule has 0 aliphatic carbocycles. The average molecular weight is 423 g/mol. The number of hydrogen-bond acceptors (Lipinski definition) is 2. The summed E-state index contributed by atoms with van der Waals surface area (Å²) in [7, 11) is 0. The van der Waals surface area contributed by atoms with Crippen LogP contribution >= 0.6 is 49.9 Å². The zero-order chi connectivity index (χ0) is 12.6. The Morgan fingerprint density at radius 3 is 2.59 bits per heavy atom. The normalized spacial score (nSPS) is 12.8. The van der Waals surface area contributed by atoms with E-state index in [0.717, 1.165) is 24.0 Å². The molecule has 2 aromatic rings. The van der Waals surface area contributed by atoms with E-state index in [9.17, 15) is 5.11 Å². The summed E-state index contributed by atoms with van der Waals surface area (Å²) >= 11 is 7.37. The van der Waals surface area contributed by atoms with Gasteiger partial charge >= 0.3 is 0 Å². The number of aliphatic hydroxyl groups excluding tert-OH is 1. The van der Waals surface area contributed by atoms with E-state index >= 15 is 0 Å². The van der Waals surface area contributed by atoms with Crippen LogP contribution in [0.5, 0.6) is 0 Å². The molecule has 1 nitrogen and oxygen atoms in total. The predicted octanol–water partition coefficient (Wildman–Crippen LogP) is 4.81. The average Bonchev–Trinajstić information content (AvgIpc) is 2.60. The van der Waals surface area contributed by atoms with Crippen LogP contribution in [0.15, 0.2) is 28.7 Å². The van der Waals surface area contributed by atoms with E-state index in [1.807, 2.05) is 25.1 Å². The van der Waals surface area contributed by atoms with Crippen LogP contribution in [0.25, 0.3) is 0 Å². The molecule has 1 atom stereocenters. The first-order valence-electron chi connectivity index (χ1n) is 5.19. The van der Waals surface area contributed by atoms with Gasteiger partial charge < -0.3 is 5.11 Å². The molecule has 17 heavy (non-hydrogen) atoms. The van der Waals surface area contributed by atoms with Crippen LogP contribution in [0.2, 0.25) is 0 Å². The maximum Gasteiger partial charge on any atom is 0.115 e. The minimum atomic E-state index is -0.530. The van der Waals surface area contributed by atoms with Crippen molar-refractivity contribution < 1.29 is 5.11 Å². The molecule has 1 heterocycles. The van der Waals surface area contributed by atoms with Gasteiger partial charge in [0, 0.05) is 23.4 Å². The molecule has 1 aromatic carbocycles. The van der Waals surface area contributed by atoms with Crippen LogP contribution in [0.4, 0.5) is 0 Å². The smallest absolute Gasteiger partial charge is 0.115 e. The molecule has 0 aliphatic rings. The predicted molar refractivity (Wildman–Crippen MR) is 84.7 cm³/mol. The standard InChI is InChI=1S/C13H12BrIOS/c1-7-5-8(2)17-13(7)12(16)10-6-9(14)3-4-11(10)15/h3-6,12,16H,1-2H3. The number of benzene rings is 1. The van der Waals surface area contributed by atoms with Gasteiger partial charge in [-0.15, -0.1) is 11.3 Å². The summed E-state index contributed by atoms with van der Waals surface area (Å²) in [6, 6.07) is 8.11. The summed E-state index contributed by atoms with van der Waals surface area (Å²) in [6.07, 6.45) is -0.530. The molecular weight excluding hydrogens is 411 g/mol. The minimum Gasteiger partial charge on any atom is -0.383 e. The second kappa shape index (κ2) is 5.38. The fraction of sp³-hybridized carbons (Fsp3) is 0.231. The van der Waals surface area contributed by atoms with Crippen LogP contribution in [0.3, 0.4) is 0 Å². The summed E-state index contributed by atoms with van der Waals surface area (Å²) < 4.78 is 2.08. The summed E-state index contributed by atoms with van der Waals surface area (Å²) in [5, 5.41) is 10.5. The van der Waals surface area contributed by atoms with Crippen molar-refractivity contribution in [2.24, 2.45) is 0 Å². The van der Waals surface area contributed by atoms with Crippen molar-refractivity contribution >= 4 is 49.9 Å². The number of aryl methyl sites for hydroxylation is 2. The van der Waals surface area contributed by atoms with Crippen LogP contribution in [-0.2, 0) is 0 Å². The Morgan fingerprint density at radius 1 is 1.29 bits per heavy atom. The van der Waals surface area contributed by atoms with Crippen LogP contribution < -0.4 is 0 Å².